The first kappa shape index (κ1) is 20.0. The van der Waals surface area contributed by atoms with Crippen molar-refractivity contribution in [2.75, 3.05) is 0 Å². The van der Waals surface area contributed by atoms with E-state index in [0.29, 0.717) is 17.0 Å². The summed E-state index contributed by atoms with van der Waals surface area (Å²) in [6, 6.07) is 7.44. The fourth-order valence-electron chi connectivity index (χ4n) is 3.34. The van der Waals surface area contributed by atoms with Crippen LogP contribution in [0.15, 0.2) is 36.4 Å². The number of aromatic nitrogens is 1. The molecule has 0 aliphatic rings. The molecule has 0 bridgehead atoms. The molecule has 4 rings (SSSR count). The lowest BCUT2D eigenvalue weighted by Gasteiger charge is -2.14. The predicted octanol–water partition coefficient (Wildman–Crippen LogP) is 7.27. The van der Waals surface area contributed by atoms with E-state index in [1.165, 1.54) is 12.1 Å². The molecule has 0 radical (unpaired) electrons. The molecule has 0 aliphatic heterocycles. The Morgan fingerprint density at radius 1 is 0.759 bits per heavy atom. The van der Waals surface area contributed by atoms with Crippen LogP contribution in [0, 0.1) is 33.8 Å². The van der Waals surface area contributed by atoms with E-state index >= 15 is 0 Å². The lowest BCUT2D eigenvalue weighted by Crippen LogP contribution is -2.10. The van der Waals surface area contributed by atoms with Crippen molar-refractivity contribution in [2.45, 2.75) is 13.1 Å². The average Bonchev–Trinajstić information content (AvgIpc) is 2.97. The van der Waals surface area contributed by atoms with Gasteiger partial charge in [-0.3, -0.25) is 0 Å². The van der Waals surface area contributed by atoms with Gasteiger partial charge in [0.1, 0.15) is 5.69 Å². The van der Waals surface area contributed by atoms with Crippen LogP contribution >= 0.6 is 22.6 Å². The first-order valence-electron chi connectivity index (χ1n) is 8.16. The average molecular weight is 523 g/mol. The molecule has 0 saturated heterocycles. The fraction of sp³-hybridized carbons (Fsp3) is 0.100. The zero-order valence-electron chi connectivity index (χ0n) is 14.4. The maximum absolute atomic E-state index is 14.7. The predicted molar refractivity (Wildman–Crippen MR) is 103 cm³/mol. The number of hydrogen-bond acceptors (Lipinski definition) is 0. The standard InChI is InChI=1S/C20H9F7IN/c1-8-2-4-10-11-5-3-9(20(25,26)27)7-13(11)29(12(10)6-8)19-16(23)14(21)18(28)15(22)17(19)24/h2-7H,1H3. The van der Waals surface area contributed by atoms with Gasteiger partial charge in [0, 0.05) is 10.8 Å². The molecule has 0 N–H and O–H groups in total. The smallest absolute Gasteiger partial charge is 0.304 e. The Bertz CT molecular complexity index is 1280. The zero-order chi connectivity index (χ0) is 21.2. The monoisotopic (exact) mass is 523 g/mol. The van der Waals surface area contributed by atoms with Gasteiger partial charge < -0.3 is 4.57 Å². The summed E-state index contributed by atoms with van der Waals surface area (Å²) >= 11 is 1.12. The van der Waals surface area contributed by atoms with Gasteiger partial charge >= 0.3 is 6.18 Å². The van der Waals surface area contributed by atoms with E-state index in [4.69, 9.17) is 0 Å². The van der Waals surface area contributed by atoms with Crippen molar-refractivity contribution in [1.82, 2.24) is 4.57 Å². The Labute approximate surface area is 172 Å². The first-order chi connectivity index (χ1) is 13.5. The van der Waals surface area contributed by atoms with Crippen molar-refractivity contribution in [3.63, 3.8) is 0 Å². The second-order valence-corrected chi connectivity index (χ2v) is 7.58. The van der Waals surface area contributed by atoms with Crippen molar-refractivity contribution in [2.24, 2.45) is 0 Å². The van der Waals surface area contributed by atoms with Gasteiger partial charge in [-0.15, -0.1) is 0 Å². The van der Waals surface area contributed by atoms with E-state index in [2.05, 4.69) is 0 Å². The van der Waals surface area contributed by atoms with Crippen LogP contribution in [0.3, 0.4) is 0 Å². The molecule has 0 spiro atoms. The number of halogens is 8. The Kier molecular flexibility index (Phi) is 4.56. The molecule has 1 aromatic heterocycles. The molecule has 1 nitrogen and oxygen atoms in total. The molecule has 1 heterocycles. The van der Waals surface area contributed by atoms with Crippen LogP contribution in [-0.2, 0) is 6.18 Å². The third-order valence-electron chi connectivity index (χ3n) is 4.66. The van der Waals surface area contributed by atoms with E-state index in [9.17, 15) is 30.7 Å². The molecule has 0 saturated carbocycles. The summed E-state index contributed by atoms with van der Waals surface area (Å²) in [7, 11) is 0. The molecule has 0 fully saturated rings. The number of aryl methyl sites for hydroxylation is 1. The molecule has 0 amide bonds. The molecule has 9 heteroatoms. The highest BCUT2D eigenvalue weighted by molar-refractivity contribution is 14.1. The van der Waals surface area contributed by atoms with Crippen LogP contribution in [0.1, 0.15) is 11.1 Å². The minimum Gasteiger partial charge on any atom is -0.304 e. The zero-order valence-corrected chi connectivity index (χ0v) is 16.6. The lowest BCUT2D eigenvalue weighted by atomic mass is 10.1. The minimum absolute atomic E-state index is 0.122. The van der Waals surface area contributed by atoms with Gasteiger partial charge in [-0.05, 0) is 53.3 Å². The largest absolute Gasteiger partial charge is 0.416 e. The van der Waals surface area contributed by atoms with Crippen LogP contribution < -0.4 is 0 Å². The van der Waals surface area contributed by atoms with Crippen LogP contribution in [-0.4, -0.2) is 4.57 Å². The Morgan fingerprint density at radius 3 is 1.83 bits per heavy atom. The van der Waals surface area contributed by atoms with Crippen molar-refractivity contribution in [3.05, 3.63) is 74.4 Å². The summed E-state index contributed by atoms with van der Waals surface area (Å²) in [6.45, 7) is 1.67. The summed E-state index contributed by atoms with van der Waals surface area (Å²) < 4.78 is 97.4. The maximum Gasteiger partial charge on any atom is 0.416 e. The van der Waals surface area contributed by atoms with Crippen LogP contribution in [0.2, 0.25) is 0 Å². The highest BCUT2D eigenvalue weighted by atomic mass is 127. The molecule has 4 aromatic rings. The van der Waals surface area contributed by atoms with Gasteiger partial charge in [0.15, 0.2) is 23.3 Å². The van der Waals surface area contributed by atoms with Crippen LogP contribution in [0.25, 0.3) is 27.5 Å². The molecule has 150 valence electrons. The Balaban J connectivity index is 2.26. The van der Waals surface area contributed by atoms with E-state index in [-0.39, 0.29) is 16.4 Å². The topological polar surface area (TPSA) is 4.93 Å². The molecular weight excluding hydrogens is 514 g/mol. The number of nitrogens with zero attached hydrogens (tertiary/aromatic N) is 1. The number of alkyl halides is 3. The summed E-state index contributed by atoms with van der Waals surface area (Å²) in [5.74, 6) is -6.61. The number of fused-ring (bicyclic) bond motifs is 3. The summed E-state index contributed by atoms with van der Waals surface area (Å²) in [5.41, 5.74) is -1.62. The van der Waals surface area contributed by atoms with Crippen molar-refractivity contribution in [1.29, 1.82) is 0 Å². The normalized spacial score (nSPS) is 12.3. The molecule has 0 aliphatic carbocycles. The van der Waals surface area contributed by atoms with Gasteiger partial charge in [-0.1, -0.05) is 18.2 Å². The van der Waals surface area contributed by atoms with Gasteiger partial charge in [0.2, 0.25) is 0 Å². The molecule has 29 heavy (non-hydrogen) atoms. The Hall–Kier alpha value is -2.30. The molecular formula is C20H9F7IN. The van der Waals surface area contributed by atoms with Crippen molar-refractivity contribution in [3.8, 4) is 5.69 Å². The van der Waals surface area contributed by atoms with E-state index in [1.54, 1.807) is 19.1 Å². The van der Waals surface area contributed by atoms with Crippen LogP contribution in [0.5, 0.6) is 0 Å². The first-order valence-corrected chi connectivity index (χ1v) is 9.24. The summed E-state index contributed by atoms with van der Waals surface area (Å²) in [6.07, 6.45) is -4.72. The van der Waals surface area contributed by atoms with E-state index < -0.39 is 44.3 Å². The number of hydrogen-bond donors (Lipinski definition) is 0. The second-order valence-electron chi connectivity index (χ2n) is 6.50. The minimum atomic E-state index is -4.72. The van der Waals surface area contributed by atoms with Crippen molar-refractivity contribution >= 4 is 44.4 Å². The van der Waals surface area contributed by atoms with Gasteiger partial charge in [0.25, 0.3) is 0 Å². The van der Waals surface area contributed by atoms with E-state index in [1.807, 2.05) is 0 Å². The lowest BCUT2D eigenvalue weighted by molar-refractivity contribution is -0.137. The van der Waals surface area contributed by atoms with Gasteiger partial charge in [-0.2, -0.15) is 13.2 Å². The highest BCUT2D eigenvalue weighted by Crippen LogP contribution is 2.39. The summed E-state index contributed by atoms with van der Waals surface area (Å²) in [4.78, 5) is 0. The Morgan fingerprint density at radius 2 is 1.28 bits per heavy atom. The van der Waals surface area contributed by atoms with Gasteiger partial charge in [-0.25, -0.2) is 17.6 Å². The maximum atomic E-state index is 14.7. The molecule has 0 atom stereocenters. The summed E-state index contributed by atoms with van der Waals surface area (Å²) in [5, 5.41) is 0.642. The third-order valence-corrected chi connectivity index (χ3v) is 5.61. The van der Waals surface area contributed by atoms with Crippen LogP contribution in [0.4, 0.5) is 30.7 Å². The number of benzene rings is 3. The highest BCUT2D eigenvalue weighted by Gasteiger charge is 2.32. The quantitative estimate of drug-likeness (QED) is 0.107. The van der Waals surface area contributed by atoms with E-state index in [0.717, 1.165) is 33.2 Å². The second kappa shape index (κ2) is 6.61. The molecule has 3 aromatic carbocycles. The third kappa shape index (κ3) is 2.97. The number of rotatable bonds is 1. The SMILES string of the molecule is Cc1ccc2c3ccc(C(F)(F)F)cc3n(-c3c(F)c(F)c(I)c(F)c3F)c2c1. The molecule has 0 unspecified atom stereocenters. The fourth-order valence-corrected chi connectivity index (χ4v) is 3.81. The van der Waals surface area contributed by atoms with Gasteiger partial charge in [0.05, 0.1) is 20.2 Å². The van der Waals surface area contributed by atoms with Crippen molar-refractivity contribution < 1.29 is 30.7 Å².